The van der Waals surface area contributed by atoms with E-state index < -0.39 is 0 Å². The van der Waals surface area contributed by atoms with Crippen LogP contribution in [0, 0.1) is 0 Å². The van der Waals surface area contributed by atoms with Crippen molar-refractivity contribution in [3.8, 4) is 5.75 Å². The first-order chi connectivity index (χ1) is 9.52. The number of ether oxygens (including phenoxy) is 2. The Kier molecular flexibility index (Phi) is 3.48. The lowest BCUT2D eigenvalue weighted by molar-refractivity contribution is -0.0586. The zero-order chi connectivity index (χ0) is 14.3. The first-order valence-corrected chi connectivity index (χ1v) is 7.34. The van der Waals surface area contributed by atoms with Crippen molar-refractivity contribution < 1.29 is 9.47 Å². The van der Waals surface area contributed by atoms with Gasteiger partial charge < -0.3 is 15.2 Å². The number of nitrogens with two attached hydrogens (primary N) is 1. The summed E-state index contributed by atoms with van der Waals surface area (Å²) in [5, 5.41) is 0. The van der Waals surface area contributed by atoms with Crippen LogP contribution in [0.4, 0.5) is 0 Å². The van der Waals surface area contributed by atoms with Crippen LogP contribution < -0.4 is 10.5 Å². The number of morpholine rings is 1. The molecule has 1 fully saturated rings. The summed E-state index contributed by atoms with van der Waals surface area (Å²) in [7, 11) is 2.13. The number of likely N-dealkylation sites (N-methyl/N-ethyl adjacent to an activating group) is 1. The SMILES string of the molecule is CN1CCOC(CN)C1c1cccc2c1OC(C)(C)C2. The van der Waals surface area contributed by atoms with Crippen LogP contribution in [-0.2, 0) is 11.2 Å². The summed E-state index contributed by atoms with van der Waals surface area (Å²) in [6.45, 7) is 6.48. The van der Waals surface area contributed by atoms with Crippen LogP contribution in [0.2, 0.25) is 0 Å². The van der Waals surface area contributed by atoms with Gasteiger partial charge in [-0.1, -0.05) is 18.2 Å². The van der Waals surface area contributed by atoms with Crippen LogP contribution in [0.25, 0.3) is 0 Å². The summed E-state index contributed by atoms with van der Waals surface area (Å²) in [5.74, 6) is 1.04. The molecule has 0 aromatic heterocycles. The van der Waals surface area contributed by atoms with Crippen LogP contribution in [0.1, 0.15) is 31.0 Å². The zero-order valence-corrected chi connectivity index (χ0v) is 12.6. The molecule has 4 nitrogen and oxygen atoms in total. The minimum absolute atomic E-state index is 0.0348. The van der Waals surface area contributed by atoms with Gasteiger partial charge in [0.05, 0.1) is 18.8 Å². The van der Waals surface area contributed by atoms with Crippen molar-refractivity contribution >= 4 is 0 Å². The molecule has 0 radical (unpaired) electrons. The average molecular weight is 276 g/mol. The smallest absolute Gasteiger partial charge is 0.128 e. The fourth-order valence-electron chi connectivity index (χ4n) is 3.37. The Morgan fingerprint density at radius 1 is 1.40 bits per heavy atom. The van der Waals surface area contributed by atoms with Gasteiger partial charge in [0.1, 0.15) is 11.4 Å². The van der Waals surface area contributed by atoms with Crippen molar-refractivity contribution in [3.63, 3.8) is 0 Å². The zero-order valence-electron chi connectivity index (χ0n) is 12.6. The van der Waals surface area contributed by atoms with Crippen LogP contribution in [0.3, 0.4) is 0 Å². The highest BCUT2D eigenvalue weighted by Gasteiger charge is 2.37. The Balaban J connectivity index is 2.00. The third-order valence-electron chi connectivity index (χ3n) is 4.28. The molecule has 2 heterocycles. The summed E-state index contributed by atoms with van der Waals surface area (Å²) in [6, 6.07) is 6.61. The van der Waals surface area contributed by atoms with Gasteiger partial charge >= 0.3 is 0 Å². The van der Waals surface area contributed by atoms with E-state index in [2.05, 4.69) is 44.0 Å². The molecule has 2 unspecified atom stereocenters. The maximum absolute atomic E-state index is 6.20. The van der Waals surface area contributed by atoms with Crippen LogP contribution in [0.5, 0.6) is 5.75 Å². The molecule has 1 aromatic rings. The number of para-hydroxylation sites is 1. The number of hydrogen-bond acceptors (Lipinski definition) is 4. The van der Waals surface area contributed by atoms with Gasteiger partial charge in [-0.25, -0.2) is 0 Å². The lowest BCUT2D eigenvalue weighted by Gasteiger charge is -2.39. The number of fused-ring (bicyclic) bond motifs is 1. The van der Waals surface area contributed by atoms with E-state index in [0.29, 0.717) is 6.54 Å². The first kappa shape index (κ1) is 13.9. The summed E-state index contributed by atoms with van der Waals surface area (Å²) in [4.78, 5) is 2.32. The molecule has 2 aliphatic rings. The van der Waals surface area contributed by atoms with Crippen LogP contribution in [-0.4, -0.2) is 43.3 Å². The molecular formula is C16H24N2O2. The third kappa shape index (κ3) is 2.32. The van der Waals surface area contributed by atoms with Gasteiger partial charge in [-0.05, 0) is 26.5 Å². The molecule has 0 aliphatic carbocycles. The fraction of sp³-hybridized carbons (Fsp3) is 0.625. The minimum Gasteiger partial charge on any atom is -0.487 e. The van der Waals surface area contributed by atoms with E-state index in [1.165, 1.54) is 11.1 Å². The van der Waals surface area contributed by atoms with E-state index in [1.807, 2.05) is 0 Å². The number of nitrogens with zero attached hydrogens (tertiary/aromatic N) is 1. The number of rotatable bonds is 2. The largest absolute Gasteiger partial charge is 0.487 e. The molecule has 0 amide bonds. The Morgan fingerprint density at radius 2 is 2.20 bits per heavy atom. The first-order valence-electron chi connectivity index (χ1n) is 7.34. The van der Waals surface area contributed by atoms with E-state index in [4.69, 9.17) is 15.2 Å². The monoisotopic (exact) mass is 276 g/mol. The van der Waals surface area contributed by atoms with Crippen molar-refractivity contribution in [1.29, 1.82) is 0 Å². The van der Waals surface area contributed by atoms with E-state index in [1.54, 1.807) is 0 Å². The van der Waals surface area contributed by atoms with Crippen molar-refractivity contribution in [2.24, 2.45) is 5.73 Å². The normalized spacial score (nSPS) is 29.0. The maximum Gasteiger partial charge on any atom is 0.128 e. The van der Waals surface area contributed by atoms with Crippen molar-refractivity contribution in [3.05, 3.63) is 29.3 Å². The Labute approximate surface area is 120 Å². The highest BCUT2D eigenvalue weighted by molar-refractivity contribution is 5.47. The van der Waals surface area contributed by atoms with E-state index in [9.17, 15) is 0 Å². The van der Waals surface area contributed by atoms with E-state index in [-0.39, 0.29) is 17.7 Å². The van der Waals surface area contributed by atoms with Gasteiger partial charge in [0.2, 0.25) is 0 Å². The summed E-state index contributed by atoms with van der Waals surface area (Å²) in [5.41, 5.74) is 8.29. The van der Waals surface area contributed by atoms with Gasteiger partial charge in [0.25, 0.3) is 0 Å². The molecule has 2 atom stereocenters. The summed E-state index contributed by atoms with van der Waals surface area (Å²) >= 11 is 0. The molecule has 0 bridgehead atoms. The molecule has 1 saturated heterocycles. The maximum atomic E-state index is 6.20. The van der Waals surface area contributed by atoms with Gasteiger partial charge in [-0.2, -0.15) is 0 Å². The van der Waals surface area contributed by atoms with Crippen LogP contribution >= 0.6 is 0 Å². The third-order valence-corrected chi connectivity index (χ3v) is 4.28. The summed E-state index contributed by atoms with van der Waals surface area (Å²) < 4.78 is 12.1. The predicted molar refractivity (Wildman–Crippen MR) is 79.0 cm³/mol. The van der Waals surface area contributed by atoms with Crippen LogP contribution in [0.15, 0.2) is 18.2 Å². The Hall–Kier alpha value is -1.10. The minimum atomic E-state index is -0.120. The molecule has 3 rings (SSSR count). The topological polar surface area (TPSA) is 47.7 Å². The predicted octanol–water partition coefficient (Wildman–Crippen LogP) is 1.73. The van der Waals surface area contributed by atoms with Gasteiger partial charge in [0, 0.05) is 25.1 Å². The molecule has 2 aliphatic heterocycles. The number of hydrogen-bond donors (Lipinski definition) is 1. The molecular weight excluding hydrogens is 252 g/mol. The molecule has 2 N–H and O–H groups in total. The summed E-state index contributed by atoms with van der Waals surface area (Å²) in [6.07, 6.45) is 0.994. The van der Waals surface area contributed by atoms with E-state index >= 15 is 0 Å². The Bertz CT molecular complexity index is 501. The second-order valence-electron chi connectivity index (χ2n) is 6.44. The van der Waals surface area contributed by atoms with Gasteiger partial charge in [0.15, 0.2) is 0 Å². The lowest BCUT2D eigenvalue weighted by Crippen LogP contribution is -2.46. The second kappa shape index (κ2) is 5.02. The molecule has 4 heteroatoms. The van der Waals surface area contributed by atoms with Crippen molar-refractivity contribution in [2.75, 3.05) is 26.7 Å². The highest BCUT2D eigenvalue weighted by atomic mass is 16.5. The number of benzene rings is 1. The molecule has 20 heavy (non-hydrogen) atoms. The molecule has 110 valence electrons. The molecule has 0 saturated carbocycles. The Morgan fingerprint density at radius 3 is 2.95 bits per heavy atom. The standard InChI is InChI=1S/C16H24N2O2/c1-16(2)9-11-5-4-6-12(15(11)20-16)14-13(10-17)19-8-7-18(14)3/h4-6,13-14H,7-10,17H2,1-3H3. The highest BCUT2D eigenvalue weighted by Crippen LogP contribution is 2.42. The molecule has 1 aromatic carbocycles. The lowest BCUT2D eigenvalue weighted by atomic mass is 9.94. The van der Waals surface area contributed by atoms with Crippen molar-refractivity contribution in [1.82, 2.24) is 4.90 Å². The van der Waals surface area contributed by atoms with Gasteiger partial charge in [-0.3, -0.25) is 4.90 Å². The van der Waals surface area contributed by atoms with Crippen molar-refractivity contribution in [2.45, 2.75) is 38.0 Å². The second-order valence-corrected chi connectivity index (χ2v) is 6.44. The van der Waals surface area contributed by atoms with Gasteiger partial charge in [-0.15, -0.1) is 0 Å². The quantitative estimate of drug-likeness (QED) is 0.893. The fourth-order valence-corrected chi connectivity index (χ4v) is 3.37. The van der Waals surface area contributed by atoms with E-state index in [0.717, 1.165) is 25.3 Å². The average Bonchev–Trinajstić information content (AvgIpc) is 2.72. The molecule has 0 spiro atoms.